The molecule has 1 aliphatic carbocycles. The average Bonchev–Trinajstić information content (AvgIpc) is 3.12. The highest BCUT2D eigenvalue weighted by molar-refractivity contribution is 5.97. The van der Waals surface area contributed by atoms with Gasteiger partial charge in [-0.2, -0.15) is 0 Å². The number of para-hydroxylation sites is 1. The highest BCUT2D eigenvalue weighted by Gasteiger charge is 2.22. The minimum atomic E-state index is 0.0748. The summed E-state index contributed by atoms with van der Waals surface area (Å²) in [4.78, 5) is 19.1. The summed E-state index contributed by atoms with van der Waals surface area (Å²) in [7, 11) is 0. The molecule has 2 N–H and O–H groups in total. The lowest BCUT2D eigenvalue weighted by Crippen LogP contribution is -2.43. The number of aryl methyl sites for hydroxylation is 1. The first-order valence-corrected chi connectivity index (χ1v) is 9.21. The summed E-state index contributed by atoms with van der Waals surface area (Å²) in [6.45, 7) is 3.84. The van der Waals surface area contributed by atoms with E-state index in [0.29, 0.717) is 6.04 Å². The molecule has 1 amide bonds. The van der Waals surface area contributed by atoms with Crippen LogP contribution in [-0.2, 0) is 11.2 Å². The Labute approximate surface area is 144 Å². The second kappa shape index (κ2) is 8.18. The Balaban J connectivity index is 1.64. The number of rotatable bonds is 4. The van der Waals surface area contributed by atoms with E-state index in [1.165, 1.54) is 31.2 Å². The number of anilines is 1. The number of aliphatic imine (C=N–C) groups is 1. The largest absolute Gasteiger partial charge is 0.357 e. The van der Waals surface area contributed by atoms with Crippen LogP contribution in [0.4, 0.5) is 5.69 Å². The molecule has 1 aromatic carbocycles. The number of amides is 1. The van der Waals surface area contributed by atoms with Crippen LogP contribution in [-0.4, -0.2) is 37.5 Å². The van der Waals surface area contributed by atoms with Crippen molar-refractivity contribution in [2.75, 3.05) is 24.5 Å². The molecule has 130 valence electrons. The van der Waals surface area contributed by atoms with Gasteiger partial charge in [-0.15, -0.1) is 0 Å². The average molecular weight is 328 g/mol. The molecule has 3 rings (SSSR count). The Bertz CT molecular complexity index is 593. The zero-order valence-electron chi connectivity index (χ0n) is 14.6. The number of nitrogens with zero attached hydrogens (tertiary/aromatic N) is 2. The van der Waals surface area contributed by atoms with E-state index in [-0.39, 0.29) is 12.5 Å². The molecular formula is C19H28N4O. The lowest BCUT2D eigenvalue weighted by atomic mass is 10.0. The number of guanidine groups is 1. The fourth-order valence-corrected chi connectivity index (χ4v) is 3.61. The van der Waals surface area contributed by atoms with E-state index in [4.69, 9.17) is 0 Å². The fraction of sp³-hybridized carbons (Fsp3) is 0.579. The Morgan fingerprint density at radius 1 is 1.25 bits per heavy atom. The van der Waals surface area contributed by atoms with Crippen molar-refractivity contribution >= 4 is 17.6 Å². The summed E-state index contributed by atoms with van der Waals surface area (Å²) < 4.78 is 0. The number of hydrogen-bond acceptors (Lipinski definition) is 2. The first-order chi connectivity index (χ1) is 11.8. The number of hydrogen-bond donors (Lipinski definition) is 2. The maximum Gasteiger partial charge on any atom is 0.248 e. The molecule has 1 aliphatic heterocycles. The molecule has 0 bridgehead atoms. The van der Waals surface area contributed by atoms with Gasteiger partial charge in [-0.25, -0.2) is 4.99 Å². The third-order valence-corrected chi connectivity index (χ3v) is 4.82. The van der Waals surface area contributed by atoms with Crippen LogP contribution in [0.15, 0.2) is 29.3 Å². The summed E-state index contributed by atoms with van der Waals surface area (Å²) in [5, 5.41) is 6.72. The number of benzene rings is 1. The molecule has 2 aliphatic rings. The highest BCUT2D eigenvalue weighted by atomic mass is 16.2. The predicted molar refractivity (Wildman–Crippen MR) is 98.5 cm³/mol. The molecule has 0 aromatic heterocycles. The van der Waals surface area contributed by atoms with Crippen LogP contribution in [0.5, 0.6) is 0 Å². The quantitative estimate of drug-likeness (QED) is 0.659. The number of carbonyl (C=O) groups excluding carboxylic acids is 1. The smallest absolute Gasteiger partial charge is 0.248 e. The van der Waals surface area contributed by atoms with Crippen molar-refractivity contribution < 1.29 is 4.79 Å². The van der Waals surface area contributed by atoms with E-state index in [1.54, 1.807) is 0 Å². The van der Waals surface area contributed by atoms with Gasteiger partial charge >= 0.3 is 0 Å². The van der Waals surface area contributed by atoms with E-state index in [2.05, 4.69) is 28.6 Å². The number of fused-ring (bicyclic) bond motifs is 1. The molecule has 0 atom stereocenters. The first-order valence-electron chi connectivity index (χ1n) is 9.21. The summed E-state index contributed by atoms with van der Waals surface area (Å²) >= 11 is 0. The standard InChI is InChI=1S/C19H28N4O/c1-2-20-19(22-16-10-4-5-11-16)21-14-18(24)23-13-7-9-15-8-3-6-12-17(15)23/h3,6,8,12,16H,2,4-5,7,9-11,13-14H2,1H3,(H2,20,21,22). The van der Waals surface area contributed by atoms with Gasteiger partial charge < -0.3 is 15.5 Å². The molecule has 0 saturated heterocycles. The number of nitrogens with one attached hydrogen (secondary N) is 2. The molecule has 24 heavy (non-hydrogen) atoms. The van der Waals surface area contributed by atoms with E-state index in [9.17, 15) is 4.79 Å². The van der Waals surface area contributed by atoms with Crippen LogP contribution < -0.4 is 15.5 Å². The van der Waals surface area contributed by atoms with Crippen LogP contribution >= 0.6 is 0 Å². The van der Waals surface area contributed by atoms with Gasteiger partial charge in [0.15, 0.2) is 5.96 Å². The van der Waals surface area contributed by atoms with Crippen molar-refractivity contribution in [3.8, 4) is 0 Å². The van der Waals surface area contributed by atoms with Gasteiger partial charge in [0.05, 0.1) is 0 Å². The molecule has 1 heterocycles. The van der Waals surface area contributed by atoms with Crippen molar-refractivity contribution in [1.29, 1.82) is 0 Å². The van der Waals surface area contributed by atoms with Gasteiger partial charge in [0.25, 0.3) is 0 Å². The highest BCUT2D eigenvalue weighted by Crippen LogP contribution is 2.26. The van der Waals surface area contributed by atoms with Gasteiger partial charge in [0, 0.05) is 24.8 Å². The lowest BCUT2D eigenvalue weighted by Gasteiger charge is -2.29. The van der Waals surface area contributed by atoms with Crippen LogP contribution in [0, 0.1) is 0 Å². The van der Waals surface area contributed by atoms with E-state index < -0.39 is 0 Å². The van der Waals surface area contributed by atoms with Crippen LogP contribution in [0.2, 0.25) is 0 Å². The maximum absolute atomic E-state index is 12.7. The van der Waals surface area contributed by atoms with Gasteiger partial charge in [-0.3, -0.25) is 4.79 Å². The molecular weight excluding hydrogens is 300 g/mol. The Hall–Kier alpha value is -2.04. The van der Waals surface area contributed by atoms with E-state index in [0.717, 1.165) is 37.6 Å². The Morgan fingerprint density at radius 2 is 2.04 bits per heavy atom. The third-order valence-electron chi connectivity index (χ3n) is 4.82. The number of carbonyl (C=O) groups is 1. The van der Waals surface area contributed by atoms with Gasteiger partial charge in [0.1, 0.15) is 6.54 Å². The minimum Gasteiger partial charge on any atom is -0.357 e. The van der Waals surface area contributed by atoms with Crippen molar-refractivity contribution in [2.24, 2.45) is 4.99 Å². The topological polar surface area (TPSA) is 56.7 Å². The monoisotopic (exact) mass is 328 g/mol. The minimum absolute atomic E-state index is 0.0748. The summed E-state index contributed by atoms with van der Waals surface area (Å²) in [6.07, 6.45) is 7.01. The predicted octanol–water partition coefficient (Wildman–Crippen LogP) is 2.46. The fourth-order valence-electron chi connectivity index (χ4n) is 3.61. The van der Waals surface area contributed by atoms with Crippen molar-refractivity contribution in [1.82, 2.24) is 10.6 Å². The summed E-state index contributed by atoms with van der Waals surface area (Å²) in [5.41, 5.74) is 2.31. The molecule has 1 aromatic rings. The van der Waals surface area contributed by atoms with Crippen molar-refractivity contribution in [3.05, 3.63) is 29.8 Å². The molecule has 0 radical (unpaired) electrons. The second-order valence-electron chi connectivity index (χ2n) is 6.60. The SMILES string of the molecule is CCNC(=NCC(=O)N1CCCc2ccccc21)NC1CCCC1. The van der Waals surface area contributed by atoms with Crippen molar-refractivity contribution in [2.45, 2.75) is 51.5 Å². The lowest BCUT2D eigenvalue weighted by molar-refractivity contribution is -0.117. The summed E-state index contributed by atoms with van der Waals surface area (Å²) in [6, 6.07) is 8.69. The maximum atomic E-state index is 12.7. The van der Waals surface area contributed by atoms with E-state index >= 15 is 0 Å². The van der Waals surface area contributed by atoms with Gasteiger partial charge in [-0.1, -0.05) is 31.0 Å². The second-order valence-corrected chi connectivity index (χ2v) is 6.60. The zero-order valence-corrected chi connectivity index (χ0v) is 14.6. The molecule has 1 fully saturated rings. The van der Waals surface area contributed by atoms with Gasteiger partial charge in [0.2, 0.25) is 5.91 Å². The molecule has 0 spiro atoms. The van der Waals surface area contributed by atoms with Crippen LogP contribution in [0.25, 0.3) is 0 Å². The molecule has 5 heteroatoms. The molecule has 0 unspecified atom stereocenters. The molecule has 5 nitrogen and oxygen atoms in total. The first kappa shape index (κ1) is 16.8. The Morgan fingerprint density at radius 3 is 2.83 bits per heavy atom. The molecule has 1 saturated carbocycles. The van der Waals surface area contributed by atoms with E-state index in [1.807, 2.05) is 23.1 Å². The zero-order chi connectivity index (χ0) is 16.8. The normalized spacial score (nSPS) is 18.4. The Kier molecular flexibility index (Phi) is 5.72. The van der Waals surface area contributed by atoms with Crippen molar-refractivity contribution in [3.63, 3.8) is 0 Å². The third kappa shape index (κ3) is 4.08. The van der Waals surface area contributed by atoms with Crippen LogP contribution in [0.3, 0.4) is 0 Å². The van der Waals surface area contributed by atoms with Crippen LogP contribution in [0.1, 0.15) is 44.6 Å². The van der Waals surface area contributed by atoms with Gasteiger partial charge in [-0.05, 0) is 44.2 Å². The summed E-state index contributed by atoms with van der Waals surface area (Å²) in [5.74, 6) is 0.841.